The molecule has 2 fully saturated rings. The van der Waals surface area contributed by atoms with Gasteiger partial charge in [0.2, 0.25) is 0 Å². The van der Waals surface area contributed by atoms with E-state index in [-0.39, 0.29) is 0 Å². The number of nitrogen functional groups attached to an aromatic ring is 1. The average molecular weight is 204 g/mol. The fraction of sp³-hybridized carbons (Fsp3) is 0.500. The molecule has 1 saturated carbocycles. The van der Waals surface area contributed by atoms with Crippen LogP contribution in [0.3, 0.4) is 0 Å². The molecule has 0 atom stereocenters. The zero-order valence-electron chi connectivity index (χ0n) is 8.70. The van der Waals surface area contributed by atoms with Crippen molar-refractivity contribution in [1.82, 2.24) is 5.32 Å². The molecular formula is C12H16N2O. The highest BCUT2D eigenvalue weighted by Crippen LogP contribution is 2.41. The molecule has 15 heavy (non-hydrogen) atoms. The topological polar surface area (TPSA) is 47.3 Å². The molecule has 1 aliphatic carbocycles. The van der Waals surface area contributed by atoms with Crippen LogP contribution in [0.2, 0.25) is 0 Å². The molecule has 0 spiro atoms. The van der Waals surface area contributed by atoms with Gasteiger partial charge in [0.05, 0.1) is 5.69 Å². The summed E-state index contributed by atoms with van der Waals surface area (Å²) in [5, 5.41) is 3.17. The summed E-state index contributed by atoms with van der Waals surface area (Å²) in [5.74, 6) is 1.60. The van der Waals surface area contributed by atoms with Gasteiger partial charge in [0, 0.05) is 13.1 Å². The first-order chi connectivity index (χ1) is 7.33. The summed E-state index contributed by atoms with van der Waals surface area (Å²) >= 11 is 0. The normalized spacial score (nSPS) is 21.1. The highest BCUT2D eigenvalue weighted by atomic mass is 16.5. The van der Waals surface area contributed by atoms with E-state index in [0.717, 1.165) is 30.4 Å². The zero-order chi connectivity index (χ0) is 10.3. The van der Waals surface area contributed by atoms with Gasteiger partial charge in [-0.3, -0.25) is 0 Å². The number of rotatable bonds is 3. The van der Waals surface area contributed by atoms with Crippen molar-refractivity contribution < 1.29 is 4.74 Å². The number of hydrogen-bond donors (Lipinski definition) is 2. The molecule has 0 radical (unpaired) electrons. The molecule has 1 aromatic carbocycles. The zero-order valence-corrected chi connectivity index (χ0v) is 8.70. The summed E-state index contributed by atoms with van der Waals surface area (Å²) in [6.45, 7) is 1.87. The molecule has 0 aromatic heterocycles. The molecule has 0 bridgehead atoms. The molecule has 3 heteroatoms. The summed E-state index contributed by atoms with van der Waals surface area (Å²) < 4.78 is 5.75. The minimum absolute atomic E-state index is 0.305. The second kappa shape index (κ2) is 3.42. The van der Waals surface area contributed by atoms with E-state index in [1.54, 1.807) is 0 Å². The third-order valence-corrected chi connectivity index (χ3v) is 3.12. The lowest BCUT2D eigenvalue weighted by molar-refractivity contribution is 0.143. The molecule has 3 N–H and O–H groups in total. The second-order valence-electron chi connectivity index (χ2n) is 4.47. The van der Waals surface area contributed by atoms with Crippen molar-refractivity contribution in [3.05, 3.63) is 23.8 Å². The largest absolute Gasteiger partial charge is 0.486 e. The second-order valence-corrected chi connectivity index (χ2v) is 4.47. The maximum absolute atomic E-state index is 5.97. The van der Waals surface area contributed by atoms with Crippen molar-refractivity contribution in [2.24, 2.45) is 0 Å². The fourth-order valence-electron chi connectivity index (χ4n) is 1.87. The number of hydrogen-bond acceptors (Lipinski definition) is 3. The SMILES string of the molecule is Nc1cc(C2CC2)ccc1OC1CNC1. The Labute approximate surface area is 89.6 Å². The van der Waals surface area contributed by atoms with Crippen LogP contribution in [-0.4, -0.2) is 19.2 Å². The van der Waals surface area contributed by atoms with E-state index in [2.05, 4.69) is 17.4 Å². The Morgan fingerprint density at radius 2 is 2.07 bits per heavy atom. The monoisotopic (exact) mass is 204 g/mol. The first kappa shape index (κ1) is 9.04. The third-order valence-electron chi connectivity index (χ3n) is 3.12. The average Bonchev–Trinajstić information content (AvgIpc) is 2.96. The minimum atomic E-state index is 0.305. The first-order valence-electron chi connectivity index (χ1n) is 5.60. The van der Waals surface area contributed by atoms with Gasteiger partial charge in [-0.1, -0.05) is 6.07 Å². The summed E-state index contributed by atoms with van der Waals surface area (Å²) in [5.41, 5.74) is 8.12. The van der Waals surface area contributed by atoms with Gasteiger partial charge in [0.25, 0.3) is 0 Å². The van der Waals surface area contributed by atoms with E-state index in [0.29, 0.717) is 6.10 Å². The van der Waals surface area contributed by atoms with Gasteiger partial charge in [-0.05, 0) is 36.5 Å². The number of anilines is 1. The Hall–Kier alpha value is -1.22. The molecule has 1 aromatic rings. The molecule has 3 nitrogen and oxygen atoms in total. The molecule has 3 rings (SSSR count). The molecule has 80 valence electrons. The van der Waals surface area contributed by atoms with Gasteiger partial charge in [0.15, 0.2) is 0 Å². The molecule has 1 saturated heterocycles. The maximum Gasteiger partial charge on any atom is 0.142 e. The van der Waals surface area contributed by atoms with E-state index >= 15 is 0 Å². The minimum Gasteiger partial charge on any atom is -0.486 e. The smallest absolute Gasteiger partial charge is 0.142 e. The Balaban J connectivity index is 1.75. The van der Waals surface area contributed by atoms with Crippen LogP contribution in [0.15, 0.2) is 18.2 Å². The number of nitrogens with one attached hydrogen (secondary N) is 1. The lowest BCUT2D eigenvalue weighted by Gasteiger charge is -2.28. The van der Waals surface area contributed by atoms with Gasteiger partial charge in [-0.25, -0.2) is 0 Å². The van der Waals surface area contributed by atoms with Crippen molar-refractivity contribution in [3.8, 4) is 5.75 Å². The van der Waals surface area contributed by atoms with Gasteiger partial charge >= 0.3 is 0 Å². The van der Waals surface area contributed by atoms with E-state index in [4.69, 9.17) is 10.5 Å². The predicted octanol–water partition coefficient (Wildman–Crippen LogP) is 1.50. The Kier molecular flexibility index (Phi) is 2.06. The van der Waals surface area contributed by atoms with Crippen LogP contribution < -0.4 is 15.8 Å². The Morgan fingerprint density at radius 3 is 2.60 bits per heavy atom. The predicted molar refractivity (Wildman–Crippen MR) is 60.1 cm³/mol. The molecule has 2 aliphatic rings. The molecule has 1 heterocycles. The molecule has 0 amide bonds. The molecule has 0 unspecified atom stereocenters. The number of nitrogens with two attached hydrogens (primary N) is 1. The summed E-state index contributed by atoms with van der Waals surface area (Å²) in [6.07, 6.45) is 2.93. The Morgan fingerprint density at radius 1 is 1.27 bits per heavy atom. The van der Waals surface area contributed by atoms with Crippen LogP contribution in [0.1, 0.15) is 24.3 Å². The van der Waals surface area contributed by atoms with Crippen molar-refractivity contribution >= 4 is 5.69 Å². The highest BCUT2D eigenvalue weighted by Gasteiger charge is 2.24. The van der Waals surface area contributed by atoms with Gasteiger partial charge < -0.3 is 15.8 Å². The summed E-state index contributed by atoms with van der Waals surface area (Å²) in [4.78, 5) is 0. The molecule has 1 aliphatic heterocycles. The van der Waals surface area contributed by atoms with E-state index < -0.39 is 0 Å². The van der Waals surface area contributed by atoms with Gasteiger partial charge in [-0.15, -0.1) is 0 Å². The van der Waals surface area contributed by atoms with Crippen LogP contribution in [0.25, 0.3) is 0 Å². The quantitative estimate of drug-likeness (QED) is 0.733. The van der Waals surface area contributed by atoms with Crippen molar-refractivity contribution in [2.45, 2.75) is 24.9 Å². The molecular weight excluding hydrogens is 188 g/mol. The standard InChI is InChI=1S/C12H16N2O/c13-11-5-9(8-1-2-8)3-4-12(11)15-10-6-14-7-10/h3-5,8,10,14H,1-2,6-7,13H2. The lowest BCUT2D eigenvalue weighted by atomic mass is 10.1. The van der Waals surface area contributed by atoms with E-state index in [9.17, 15) is 0 Å². The van der Waals surface area contributed by atoms with Crippen molar-refractivity contribution in [2.75, 3.05) is 18.8 Å². The number of benzene rings is 1. The first-order valence-corrected chi connectivity index (χ1v) is 5.60. The van der Waals surface area contributed by atoms with Gasteiger partial charge in [0.1, 0.15) is 11.9 Å². The van der Waals surface area contributed by atoms with Crippen LogP contribution >= 0.6 is 0 Å². The van der Waals surface area contributed by atoms with Crippen LogP contribution in [0.4, 0.5) is 5.69 Å². The van der Waals surface area contributed by atoms with Crippen LogP contribution in [-0.2, 0) is 0 Å². The van der Waals surface area contributed by atoms with Gasteiger partial charge in [-0.2, -0.15) is 0 Å². The van der Waals surface area contributed by atoms with Crippen LogP contribution in [0, 0.1) is 0 Å². The third kappa shape index (κ3) is 1.79. The Bertz CT molecular complexity index is 370. The van der Waals surface area contributed by atoms with Crippen molar-refractivity contribution in [3.63, 3.8) is 0 Å². The van der Waals surface area contributed by atoms with Crippen LogP contribution in [0.5, 0.6) is 5.75 Å². The summed E-state index contributed by atoms with van der Waals surface area (Å²) in [7, 11) is 0. The van der Waals surface area contributed by atoms with E-state index in [1.165, 1.54) is 18.4 Å². The van der Waals surface area contributed by atoms with E-state index in [1.807, 2.05) is 6.07 Å². The summed E-state index contributed by atoms with van der Waals surface area (Å²) in [6, 6.07) is 6.23. The maximum atomic E-state index is 5.97. The highest BCUT2D eigenvalue weighted by molar-refractivity contribution is 5.55. The fourth-order valence-corrected chi connectivity index (χ4v) is 1.87. The van der Waals surface area contributed by atoms with Crippen molar-refractivity contribution in [1.29, 1.82) is 0 Å². The lowest BCUT2D eigenvalue weighted by Crippen LogP contribution is -2.50. The number of ether oxygens (including phenoxy) is 1.